The van der Waals surface area contributed by atoms with Crippen molar-refractivity contribution in [1.82, 2.24) is 10.2 Å². The second-order valence-electron chi connectivity index (χ2n) is 6.91. The minimum Gasteiger partial charge on any atom is -0.497 e. The minimum atomic E-state index is -0.0484. The fourth-order valence-electron chi connectivity index (χ4n) is 3.32. The van der Waals surface area contributed by atoms with Crippen molar-refractivity contribution in [3.8, 4) is 5.75 Å². The molecule has 2 aromatic rings. The van der Waals surface area contributed by atoms with Crippen molar-refractivity contribution in [1.29, 1.82) is 0 Å². The third-order valence-electron chi connectivity index (χ3n) is 5.00. The largest absolute Gasteiger partial charge is 0.497 e. The Balaban J connectivity index is 1.44. The number of amides is 2. The summed E-state index contributed by atoms with van der Waals surface area (Å²) in [6.45, 7) is 1.69. The van der Waals surface area contributed by atoms with Crippen LogP contribution in [0.5, 0.6) is 5.75 Å². The number of nitrogens with zero attached hydrogens (tertiary/aromatic N) is 1. The number of rotatable bonds is 6. The monoisotopic (exact) mass is 378 g/mol. The number of hydrogen-bond acceptors (Lipinski definition) is 3. The molecule has 5 nitrogen and oxygen atoms in total. The Morgan fingerprint density at radius 2 is 1.86 bits per heavy atom. The molecule has 0 bridgehead atoms. The van der Waals surface area contributed by atoms with Gasteiger partial charge in [-0.1, -0.05) is 42.5 Å². The molecule has 1 aliphatic heterocycles. The van der Waals surface area contributed by atoms with Crippen LogP contribution in [0.2, 0.25) is 0 Å². The van der Waals surface area contributed by atoms with Crippen LogP contribution in [0.25, 0.3) is 6.08 Å². The van der Waals surface area contributed by atoms with Crippen molar-refractivity contribution in [2.75, 3.05) is 20.2 Å². The maximum atomic E-state index is 12.5. The molecular weight excluding hydrogens is 352 g/mol. The molecule has 1 aliphatic rings. The van der Waals surface area contributed by atoms with Crippen LogP contribution in [0, 0.1) is 5.92 Å². The van der Waals surface area contributed by atoms with Crippen LogP contribution in [0.4, 0.5) is 0 Å². The highest BCUT2D eigenvalue weighted by Gasteiger charge is 2.26. The Morgan fingerprint density at radius 1 is 1.11 bits per heavy atom. The summed E-state index contributed by atoms with van der Waals surface area (Å²) in [5, 5.41) is 3.00. The first-order chi connectivity index (χ1) is 13.7. The fraction of sp³-hybridized carbons (Fsp3) is 0.304. The van der Waals surface area contributed by atoms with Gasteiger partial charge in [0.2, 0.25) is 11.8 Å². The molecule has 1 N–H and O–H groups in total. The zero-order valence-corrected chi connectivity index (χ0v) is 16.1. The van der Waals surface area contributed by atoms with Crippen LogP contribution in [-0.2, 0) is 16.1 Å². The molecule has 28 heavy (non-hydrogen) atoms. The SMILES string of the molecule is COc1cccc(CNC(=O)C2CCN(C(=O)C=Cc3ccccc3)CC2)c1. The van der Waals surface area contributed by atoms with E-state index in [0.717, 1.165) is 16.9 Å². The lowest BCUT2D eigenvalue weighted by molar-refractivity contribution is -0.132. The van der Waals surface area contributed by atoms with Gasteiger partial charge in [0.05, 0.1) is 7.11 Å². The van der Waals surface area contributed by atoms with Gasteiger partial charge >= 0.3 is 0 Å². The first-order valence-electron chi connectivity index (χ1n) is 9.58. The molecule has 0 spiro atoms. The first-order valence-corrected chi connectivity index (χ1v) is 9.58. The molecule has 0 aliphatic carbocycles. The molecule has 1 heterocycles. The van der Waals surface area contributed by atoms with E-state index in [1.54, 1.807) is 13.2 Å². The molecule has 0 aromatic heterocycles. The lowest BCUT2D eigenvalue weighted by Crippen LogP contribution is -2.42. The highest BCUT2D eigenvalue weighted by Crippen LogP contribution is 2.19. The lowest BCUT2D eigenvalue weighted by Gasteiger charge is -2.30. The highest BCUT2D eigenvalue weighted by atomic mass is 16.5. The van der Waals surface area contributed by atoms with E-state index in [0.29, 0.717) is 32.5 Å². The van der Waals surface area contributed by atoms with Crippen LogP contribution in [-0.4, -0.2) is 36.9 Å². The van der Waals surface area contributed by atoms with E-state index in [1.165, 1.54) is 0 Å². The number of piperidine rings is 1. The van der Waals surface area contributed by atoms with Crippen LogP contribution in [0.15, 0.2) is 60.7 Å². The van der Waals surface area contributed by atoms with Crippen LogP contribution >= 0.6 is 0 Å². The number of benzene rings is 2. The van der Waals surface area contributed by atoms with Crippen molar-refractivity contribution in [3.63, 3.8) is 0 Å². The molecule has 2 aromatic carbocycles. The molecule has 0 saturated carbocycles. The van der Waals surface area contributed by atoms with Gasteiger partial charge in [-0.25, -0.2) is 0 Å². The highest BCUT2D eigenvalue weighted by molar-refractivity contribution is 5.92. The van der Waals surface area contributed by atoms with Gasteiger partial charge < -0.3 is 15.0 Å². The number of carbonyl (C=O) groups is 2. The third kappa shape index (κ3) is 5.46. The van der Waals surface area contributed by atoms with Crippen molar-refractivity contribution < 1.29 is 14.3 Å². The molecule has 5 heteroatoms. The predicted octanol–water partition coefficient (Wildman–Crippen LogP) is 3.26. The van der Waals surface area contributed by atoms with Crippen LogP contribution < -0.4 is 10.1 Å². The zero-order chi connectivity index (χ0) is 19.8. The second-order valence-corrected chi connectivity index (χ2v) is 6.91. The minimum absolute atomic E-state index is 0.000841. The summed E-state index contributed by atoms with van der Waals surface area (Å²) in [7, 11) is 1.63. The van der Waals surface area contributed by atoms with Gasteiger partial charge in [-0.2, -0.15) is 0 Å². The van der Waals surface area contributed by atoms with Gasteiger partial charge in [-0.05, 0) is 42.2 Å². The smallest absolute Gasteiger partial charge is 0.246 e. The number of hydrogen-bond donors (Lipinski definition) is 1. The topological polar surface area (TPSA) is 58.6 Å². The summed E-state index contributed by atoms with van der Waals surface area (Å²) in [6.07, 6.45) is 4.82. The Hall–Kier alpha value is -3.08. The fourth-order valence-corrected chi connectivity index (χ4v) is 3.32. The van der Waals surface area contributed by atoms with E-state index >= 15 is 0 Å². The summed E-state index contributed by atoms with van der Waals surface area (Å²) in [4.78, 5) is 26.6. The molecule has 146 valence electrons. The molecule has 3 rings (SSSR count). The van der Waals surface area contributed by atoms with Gasteiger partial charge in [-0.15, -0.1) is 0 Å². The summed E-state index contributed by atoms with van der Waals surface area (Å²) in [5.74, 6) is 0.781. The van der Waals surface area contributed by atoms with Crippen LogP contribution in [0.1, 0.15) is 24.0 Å². The number of methoxy groups -OCH3 is 1. The van der Waals surface area contributed by atoms with Crippen molar-refractivity contribution in [3.05, 3.63) is 71.8 Å². The number of likely N-dealkylation sites (tertiary alicyclic amines) is 1. The van der Waals surface area contributed by atoms with Gasteiger partial charge in [0.1, 0.15) is 5.75 Å². The van der Waals surface area contributed by atoms with Crippen molar-refractivity contribution >= 4 is 17.9 Å². The van der Waals surface area contributed by atoms with E-state index in [4.69, 9.17) is 4.74 Å². The van der Waals surface area contributed by atoms with E-state index < -0.39 is 0 Å². The molecule has 1 fully saturated rings. The maximum absolute atomic E-state index is 12.5. The standard InChI is InChI=1S/C23H26N2O3/c1-28-21-9-5-8-19(16-21)17-24-23(27)20-12-14-25(15-13-20)22(26)11-10-18-6-3-2-4-7-18/h2-11,16,20H,12-15,17H2,1H3,(H,24,27). The third-order valence-corrected chi connectivity index (χ3v) is 5.00. The molecule has 0 radical (unpaired) electrons. The van der Waals surface area contributed by atoms with Crippen LogP contribution in [0.3, 0.4) is 0 Å². The van der Waals surface area contributed by atoms with Gasteiger partial charge in [0.25, 0.3) is 0 Å². The van der Waals surface area contributed by atoms with Gasteiger partial charge in [-0.3, -0.25) is 9.59 Å². The molecule has 1 saturated heterocycles. The summed E-state index contributed by atoms with van der Waals surface area (Å²) in [5.41, 5.74) is 2.01. The van der Waals surface area contributed by atoms with E-state index in [1.807, 2.05) is 65.6 Å². The molecule has 2 amide bonds. The summed E-state index contributed by atoms with van der Waals surface area (Å²) >= 11 is 0. The first kappa shape index (κ1) is 19.7. The van der Waals surface area contributed by atoms with E-state index in [-0.39, 0.29) is 17.7 Å². The Morgan fingerprint density at radius 3 is 2.57 bits per heavy atom. The Kier molecular flexibility index (Phi) is 6.84. The van der Waals surface area contributed by atoms with E-state index in [2.05, 4.69) is 5.32 Å². The van der Waals surface area contributed by atoms with Gasteiger partial charge in [0.15, 0.2) is 0 Å². The number of ether oxygens (including phenoxy) is 1. The predicted molar refractivity (Wildman–Crippen MR) is 110 cm³/mol. The van der Waals surface area contributed by atoms with Crippen molar-refractivity contribution in [2.24, 2.45) is 5.92 Å². The normalized spacial score (nSPS) is 14.8. The van der Waals surface area contributed by atoms with Gasteiger partial charge in [0, 0.05) is 31.6 Å². The Bertz CT molecular complexity index is 825. The number of nitrogens with one attached hydrogen (secondary N) is 1. The molecule has 0 unspecified atom stereocenters. The average molecular weight is 378 g/mol. The average Bonchev–Trinajstić information content (AvgIpc) is 2.76. The molecule has 0 atom stereocenters. The maximum Gasteiger partial charge on any atom is 0.246 e. The molecular formula is C23H26N2O3. The quantitative estimate of drug-likeness (QED) is 0.785. The zero-order valence-electron chi connectivity index (χ0n) is 16.1. The summed E-state index contributed by atoms with van der Waals surface area (Å²) in [6, 6.07) is 17.4. The second kappa shape index (κ2) is 9.74. The Labute approximate surface area is 166 Å². The van der Waals surface area contributed by atoms with E-state index in [9.17, 15) is 9.59 Å². The van der Waals surface area contributed by atoms with Crippen molar-refractivity contribution in [2.45, 2.75) is 19.4 Å². The summed E-state index contributed by atoms with van der Waals surface area (Å²) < 4.78 is 5.20. The number of carbonyl (C=O) groups excluding carboxylic acids is 2. The lowest BCUT2D eigenvalue weighted by atomic mass is 9.95.